The Bertz CT molecular complexity index is 1300. The van der Waals surface area contributed by atoms with Crippen LogP contribution in [0.4, 0.5) is 5.69 Å². The molecule has 0 aliphatic rings. The largest absolute Gasteiger partial charge is 0.345 e. The van der Waals surface area contributed by atoms with Crippen LogP contribution in [0.3, 0.4) is 0 Å². The number of nitrogens with one attached hydrogen (secondary N) is 2. The lowest BCUT2D eigenvalue weighted by atomic mass is 10.1. The Hall–Kier alpha value is -3.65. The Labute approximate surface area is 196 Å². The van der Waals surface area contributed by atoms with E-state index in [0.717, 1.165) is 22.0 Å². The lowest BCUT2D eigenvalue weighted by molar-refractivity contribution is -0.113. The highest BCUT2D eigenvalue weighted by molar-refractivity contribution is 7.99. The van der Waals surface area contributed by atoms with Gasteiger partial charge < -0.3 is 15.2 Å². The summed E-state index contributed by atoms with van der Waals surface area (Å²) in [4.78, 5) is 25.0. The van der Waals surface area contributed by atoms with Crippen molar-refractivity contribution in [3.05, 3.63) is 83.7 Å². The van der Waals surface area contributed by atoms with Gasteiger partial charge in [-0.2, -0.15) is 0 Å². The first-order valence-corrected chi connectivity index (χ1v) is 11.7. The van der Waals surface area contributed by atoms with E-state index in [2.05, 4.69) is 20.8 Å². The van der Waals surface area contributed by atoms with Gasteiger partial charge in [-0.25, -0.2) is 0 Å². The SMILES string of the molecule is CCn1c(CNC(=O)c2ccccc2C)nnc1SCC(=O)Nc1ccc2ccccc2c1. The molecule has 3 aromatic carbocycles. The first-order chi connectivity index (χ1) is 16.0. The molecule has 0 aliphatic heterocycles. The molecular weight excluding hydrogens is 434 g/mol. The summed E-state index contributed by atoms with van der Waals surface area (Å²) in [6.07, 6.45) is 0. The van der Waals surface area contributed by atoms with Crippen LogP contribution in [0.25, 0.3) is 10.8 Å². The number of benzene rings is 3. The second kappa shape index (κ2) is 10.3. The monoisotopic (exact) mass is 459 g/mol. The van der Waals surface area contributed by atoms with Crippen LogP contribution in [0.5, 0.6) is 0 Å². The molecule has 0 fully saturated rings. The van der Waals surface area contributed by atoms with Crippen molar-refractivity contribution < 1.29 is 9.59 Å². The summed E-state index contributed by atoms with van der Waals surface area (Å²) in [5, 5.41) is 17.1. The van der Waals surface area contributed by atoms with Gasteiger partial charge in [-0.3, -0.25) is 9.59 Å². The normalized spacial score (nSPS) is 10.8. The molecule has 2 N–H and O–H groups in total. The summed E-state index contributed by atoms with van der Waals surface area (Å²) < 4.78 is 1.91. The Morgan fingerprint density at radius 3 is 2.52 bits per heavy atom. The number of anilines is 1. The zero-order chi connectivity index (χ0) is 23.2. The smallest absolute Gasteiger partial charge is 0.251 e. The van der Waals surface area contributed by atoms with Crippen molar-refractivity contribution in [3.63, 3.8) is 0 Å². The molecule has 2 amide bonds. The van der Waals surface area contributed by atoms with Crippen molar-refractivity contribution in [3.8, 4) is 0 Å². The number of amides is 2. The van der Waals surface area contributed by atoms with Crippen molar-refractivity contribution in [2.45, 2.75) is 32.1 Å². The molecule has 0 saturated carbocycles. The van der Waals surface area contributed by atoms with E-state index < -0.39 is 0 Å². The van der Waals surface area contributed by atoms with E-state index in [0.29, 0.717) is 23.1 Å². The number of aryl methyl sites for hydroxylation is 1. The van der Waals surface area contributed by atoms with Crippen molar-refractivity contribution in [1.29, 1.82) is 0 Å². The first kappa shape index (κ1) is 22.5. The van der Waals surface area contributed by atoms with Gasteiger partial charge >= 0.3 is 0 Å². The maximum Gasteiger partial charge on any atom is 0.251 e. The summed E-state index contributed by atoms with van der Waals surface area (Å²) in [7, 11) is 0. The number of nitrogens with zero attached hydrogens (tertiary/aromatic N) is 3. The second-order valence-corrected chi connectivity index (χ2v) is 8.48. The van der Waals surface area contributed by atoms with Crippen LogP contribution in [0.15, 0.2) is 71.9 Å². The third-order valence-corrected chi connectivity index (χ3v) is 6.24. The zero-order valence-corrected chi connectivity index (χ0v) is 19.4. The third-order valence-electron chi connectivity index (χ3n) is 5.27. The quantitative estimate of drug-likeness (QED) is 0.381. The van der Waals surface area contributed by atoms with Crippen LogP contribution in [0, 0.1) is 6.92 Å². The predicted octanol–water partition coefficient (Wildman–Crippen LogP) is 4.42. The molecule has 1 heterocycles. The number of carbonyl (C=O) groups excluding carboxylic acids is 2. The average Bonchev–Trinajstić information content (AvgIpc) is 3.23. The van der Waals surface area contributed by atoms with Crippen LogP contribution in [0.2, 0.25) is 0 Å². The summed E-state index contributed by atoms with van der Waals surface area (Å²) in [6.45, 7) is 4.78. The van der Waals surface area contributed by atoms with Crippen LogP contribution in [-0.2, 0) is 17.9 Å². The predicted molar refractivity (Wildman–Crippen MR) is 131 cm³/mol. The molecule has 0 radical (unpaired) electrons. The fourth-order valence-electron chi connectivity index (χ4n) is 3.55. The number of carbonyl (C=O) groups is 2. The molecule has 4 rings (SSSR count). The Balaban J connectivity index is 1.35. The minimum absolute atomic E-state index is 0.115. The van der Waals surface area contributed by atoms with Crippen LogP contribution < -0.4 is 10.6 Å². The molecule has 7 nitrogen and oxygen atoms in total. The highest BCUT2D eigenvalue weighted by atomic mass is 32.2. The number of rotatable bonds is 8. The molecular formula is C25H25N5O2S. The molecule has 0 bridgehead atoms. The Kier molecular flexibility index (Phi) is 7.04. The highest BCUT2D eigenvalue weighted by Gasteiger charge is 2.15. The van der Waals surface area contributed by atoms with Crippen LogP contribution in [0.1, 0.15) is 28.7 Å². The van der Waals surface area contributed by atoms with Gasteiger partial charge in [0.25, 0.3) is 5.91 Å². The number of aromatic nitrogens is 3. The summed E-state index contributed by atoms with van der Waals surface area (Å²) >= 11 is 1.32. The molecule has 8 heteroatoms. The zero-order valence-electron chi connectivity index (χ0n) is 18.5. The van der Waals surface area contributed by atoms with Crippen molar-refractivity contribution >= 4 is 40.0 Å². The van der Waals surface area contributed by atoms with Crippen molar-refractivity contribution in [2.75, 3.05) is 11.1 Å². The maximum atomic E-state index is 12.5. The second-order valence-electron chi connectivity index (χ2n) is 7.54. The molecule has 4 aromatic rings. The Morgan fingerprint density at radius 1 is 0.970 bits per heavy atom. The van der Waals surface area contributed by atoms with E-state index in [1.807, 2.05) is 79.1 Å². The molecule has 0 unspecified atom stereocenters. The maximum absolute atomic E-state index is 12.5. The fourth-order valence-corrected chi connectivity index (χ4v) is 4.37. The summed E-state index contributed by atoms with van der Waals surface area (Å²) in [5.74, 6) is 0.593. The minimum atomic E-state index is -0.150. The van der Waals surface area contributed by atoms with E-state index in [1.165, 1.54) is 11.8 Å². The van der Waals surface area contributed by atoms with Gasteiger partial charge in [-0.15, -0.1) is 10.2 Å². The van der Waals surface area contributed by atoms with Crippen LogP contribution >= 0.6 is 11.8 Å². The van der Waals surface area contributed by atoms with Gasteiger partial charge in [-0.1, -0.05) is 60.3 Å². The lowest BCUT2D eigenvalue weighted by Gasteiger charge is -2.10. The molecule has 0 aliphatic carbocycles. The molecule has 168 valence electrons. The van der Waals surface area contributed by atoms with Gasteiger partial charge in [0.05, 0.1) is 12.3 Å². The van der Waals surface area contributed by atoms with E-state index in [9.17, 15) is 9.59 Å². The van der Waals surface area contributed by atoms with Gasteiger partial charge in [0.15, 0.2) is 11.0 Å². The fraction of sp³-hybridized carbons (Fsp3) is 0.200. The standard InChI is InChI=1S/C25H25N5O2S/c1-3-30-22(15-26-24(32)21-11-7-4-8-17(21)2)28-29-25(30)33-16-23(31)27-20-13-12-18-9-5-6-10-19(18)14-20/h4-14H,3,15-16H2,1-2H3,(H,26,32)(H,27,31). The number of hydrogen-bond acceptors (Lipinski definition) is 5. The van der Waals surface area contributed by atoms with Crippen LogP contribution in [-0.4, -0.2) is 32.3 Å². The molecule has 1 aromatic heterocycles. The van der Waals surface area contributed by atoms with Gasteiger partial charge in [0, 0.05) is 17.8 Å². The summed E-state index contributed by atoms with van der Waals surface area (Å²) in [5.41, 5.74) is 2.32. The van der Waals surface area contributed by atoms with Crippen molar-refractivity contribution in [1.82, 2.24) is 20.1 Å². The Morgan fingerprint density at radius 2 is 1.73 bits per heavy atom. The number of thioether (sulfide) groups is 1. The van der Waals surface area contributed by atoms with E-state index in [-0.39, 0.29) is 24.1 Å². The van der Waals surface area contributed by atoms with E-state index >= 15 is 0 Å². The molecule has 33 heavy (non-hydrogen) atoms. The third kappa shape index (κ3) is 5.40. The van der Waals surface area contributed by atoms with E-state index in [1.54, 1.807) is 6.07 Å². The number of hydrogen-bond donors (Lipinski definition) is 2. The highest BCUT2D eigenvalue weighted by Crippen LogP contribution is 2.21. The minimum Gasteiger partial charge on any atom is -0.345 e. The molecule has 0 spiro atoms. The number of fused-ring (bicyclic) bond motifs is 1. The average molecular weight is 460 g/mol. The topological polar surface area (TPSA) is 88.9 Å². The summed E-state index contributed by atoms with van der Waals surface area (Å²) in [6, 6.07) is 21.3. The lowest BCUT2D eigenvalue weighted by Crippen LogP contribution is -2.25. The van der Waals surface area contributed by atoms with Gasteiger partial charge in [0.1, 0.15) is 0 Å². The molecule has 0 atom stereocenters. The van der Waals surface area contributed by atoms with Crippen molar-refractivity contribution in [2.24, 2.45) is 0 Å². The molecule has 0 saturated heterocycles. The van der Waals surface area contributed by atoms with E-state index in [4.69, 9.17) is 0 Å². The van der Waals surface area contributed by atoms with Gasteiger partial charge in [0.2, 0.25) is 5.91 Å². The first-order valence-electron chi connectivity index (χ1n) is 10.7. The van der Waals surface area contributed by atoms with Gasteiger partial charge in [-0.05, 0) is 48.4 Å².